The predicted molar refractivity (Wildman–Crippen MR) is 76.8 cm³/mol. The molecule has 108 valence electrons. The second-order valence-corrected chi connectivity index (χ2v) is 5.22. The minimum Gasteiger partial charge on any atom is -0.495 e. The van der Waals surface area contributed by atoms with E-state index in [1.165, 1.54) is 0 Å². The highest BCUT2D eigenvalue weighted by molar-refractivity contribution is 6.32. The standard InChI is InChI=1S/C14H22ClNO3/c1-14(17,6-7-18-2)10-16-9-11-4-5-13(19-3)12(15)8-11/h4-5,8,16-17H,6-7,9-10H2,1-3H3. The Labute approximate surface area is 119 Å². The molecule has 1 rings (SSSR count). The Balaban J connectivity index is 2.42. The Hall–Kier alpha value is -0.810. The van der Waals surface area contributed by atoms with Crippen LogP contribution in [-0.4, -0.2) is 38.1 Å². The molecule has 0 fully saturated rings. The number of halogens is 1. The Bertz CT molecular complexity index is 396. The van der Waals surface area contributed by atoms with Crippen molar-refractivity contribution in [3.05, 3.63) is 28.8 Å². The number of nitrogens with one attached hydrogen (secondary N) is 1. The van der Waals surface area contributed by atoms with Crippen LogP contribution < -0.4 is 10.1 Å². The zero-order valence-electron chi connectivity index (χ0n) is 11.7. The maximum atomic E-state index is 10.1. The number of aliphatic hydroxyl groups is 1. The first kappa shape index (κ1) is 16.2. The van der Waals surface area contributed by atoms with Crippen molar-refractivity contribution in [2.45, 2.75) is 25.5 Å². The predicted octanol–water partition coefficient (Wildman–Crippen LogP) is 2.23. The van der Waals surface area contributed by atoms with Gasteiger partial charge in [0.1, 0.15) is 5.75 Å². The number of rotatable bonds is 8. The first-order valence-electron chi connectivity index (χ1n) is 6.23. The zero-order valence-corrected chi connectivity index (χ0v) is 12.5. The molecule has 0 heterocycles. The molecule has 0 aliphatic heterocycles. The summed E-state index contributed by atoms with van der Waals surface area (Å²) in [5.41, 5.74) is 0.278. The molecule has 0 amide bonds. The van der Waals surface area contributed by atoms with E-state index in [4.69, 9.17) is 21.1 Å². The van der Waals surface area contributed by atoms with Crippen LogP contribution in [0.15, 0.2) is 18.2 Å². The summed E-state index contributed by atoms with van der Waals surface area (Å²) in [6, 6.07) is 5.64. The molecule has 0 aromatic heterocycles. The van der Waals surface area contributed by atoms with Crippen molar-refractivity contribution in [2.24, 2.45) is 0 Å². The molecule has 1 atom stereocenters. The van der Waals surface area contributed by atoms with E-state index in [0.29, 0.717) is 36.9 Å². The first-order chi connectivity index (χ1) is 8.98. The van der Waals surface area contributed by atoms with Crippen LogP contribution in [0.2, 0.25) is 5.02 Å². The van der Waals surface area contributed by atoms with E-state index < -0.39 is 5.60 Å². The monoisotopic (exact) mass is 287 g/mol. The average Bonchev–Trinajstić information content (AvgIpc) is 2.36. The highest BCUT2D eigenvalue weighted by Gasteiger charge is 2.19. The van der Waals surface area contributed by atoms with Gasteiger partial charge in [-0.2, -0.15) is 0 Å². The van der Waals surface area contributed by atoms with Crippen LogP contribution in [0.1, 0.15) is 18.9 Å². The number of methoxy groups -OCH3 is 2. The van der Waals surface area contributed by atoms with Crippen LogP contribution in [0, 0.1) is 0 Å². The van der Waals surface area contributed by atoms with Crippen molar-refractivity contribution in [1.29, 1.82) is 0 Å². The van der Waals surface area contributed by atoms with Crippen LogP contribution in [0.3, 0.4) is 0 Å². The number of hydrogen-bond acceptors (Lipinski definition) is 4. The van der Waals surface area contributed by atoms with Gasteiger partial charge in [0.25, 0.3) is 0 Å². The molecular weight excluding hydrogens is 266 g/mol. The van der Waals surface area contributed by atoms with Gasteiger partial charge in [0, 0.05) is 33.2 Å². The minimum atomic E-state index is -0.772. The van der Waals surface area contributed by atoms with E-state index in [1.807, 2.05) is 18.2 Å². The summed E-state index contributed by atoms with van der Waals surface area (Å²) in [5, 5.41) is 13.9. The van der Waals surface area contributed by atoms with Crippen molar-refractivity contribution in [3.8, 4) is 5.75 Å². The van der Waals surface area contributed by atoms with E-state index in [1.54, 1.807) is 21.1 Å². The Morgan fingerprint density at radius 3 is 2.68 bits per heavy atom. The molecule has 5 heteroatoms. The van der Waals surface area contributed by atoms with Gasteiger partial charge in [-0.15, -0.1) is 0 Å². The summed E-state index contributed by atoms with van der Waals surface area (Å²) in [5.74, 6) is 0.664. The highest BCUT2D eigenvalue weighted by Crippen LogP contribution is 2.24. The summed E-state index contributed by atoms with van der Waals surface area (Å²) >= 11 is 6.05. The van der Waals surface area contributed by atoms with Crippen molar-refractivity contribution >= 4 is 11.6 Å². The lowest BCUT2D eigenvalue weighted by atomic mass is 10.0. The van der Waals surface area contributed by atoms with Crippen LogP contribution in [0.25, 0.3) is 0 Å². The second kappa shape index (κ2) is 7.70. The van der Waals surface area contributed by atoms with Crippen LogP contribution in [0.5, 0.6) is 5.75 Å². The SMILES string of the molecule is COCCC(C)(O)CNCc1ccc(OC)c(Cl)c1. The average molecular weight is 288 g/mol. The summed E-state index contributed by atoms with van der Waals surface area (Å²) < 4.78 is 10.1. The van der Waals surface area contributed by atoms with Crippen LogP contribution in [-0.2, 0) is 11.3 Å². The fraction of sp³-hybridized carbons (Fsp3) is 0.571. The molecule has 1 unspecified atom stereocenters. The maximum absolute atomic E-state index is 10.1. The molecule has 19 heavy (non-hydrogen) atoms. The zero-order chi connectivity index (χ0) is 14.3. The molecule has 0 bridgehead atoms. The van der Waals surface area contributed by atoms with Gasteiger partial charge in [0.05, 0.1) is 17.7 Å². The van der Waals surface area contributed by atoms with Crippen molar-refractivity contribution in [3.63, 3.8) is 0 Å². The fourth-order valence-electron chi connectivity index (χ4n) is 1.71. The third-order valence-corrected chi connectivity index (χ3v) is 3.19. The van der Waals surface area contributed by atoms with Crippen molar-refractivity contribution in [1.82, 2.24) is 5.32 Å². The molecular formula is C14H22ClNO3. The Kier molecular flexibility index (Phi) is 6.58. The van der Waals surface area contributed by atoms with Gasteiger partial charge in [0.2, 0.25) is 0 Å². The maximum Gasteiger partial charge on any atom is 0.137 e. The molecule has 0 saturated carbocycles. The lowest BCUT2D eigenvalue weighted by molar-refractivity contribution is 0.0247. The fourth-order valence-corrected chi connectivity index (χ4v) is 1.99. The van der Waals surface area contributed by atoms with Gasteiger partial charge >= 0.3 is 0 Å². The molecule has 0 aliphatic carbocycles. The van der Waals surface area contributed by atoms with E-state index in [2.05, 4.69) is 5.32 Å². The molecule has 2 N–H and O–H groups in total. The lowest BCUT2D eigenvalue weighted by Crippen LogP contribution is -2.38. The van der Waals surface area contributed by atoms with Gasteiger partial charge in [-0.25, -0.2) is 0 Å². The topological polar surface area (TPSA) is 50.7 Å². The third kappa shape index (κ3) is 5.78. The van der Waals surface area contributed by atoms with E-state index in [9.17, 15) is 5.11 Å². The van der Waals surface area contributed by atoms with Gasteiger partial charge in [-0.1, -0.05) is 17.7 Å². The molecule has 1 aromatic carbocycles. The lowest BCUT2D eigenvalue weighted by Gasteiger charge is -2.23. The summed E-state index contributed by atoms with van der Waals surface area (Å²) in [6.07, 6.45) is 0.597. The molecule has 0 spiro atoms. The van der Waals surface area contributed by atoms with Gasteiger partial charge in [-0.3, -0.25) is 0 Å². The summed E-state index contributed by atoms with van der Waals surface area (Å²) in [4.78, 5) is 0. The first-order valence-corrected chi connectivity index (χ1v) is 6.61. The quantitative estimate of drug-likeness (QED) is 0.770. The number of benzene rings is 1. The van der Waals surface area contributed by atoms with Crippen LogP contribution in [0.4, 0.5) is 0 Å². The largest absolute Gasteiger partial charge is 0.495 e. The number of ether oxygens (including phenoxy) is 2. The van der Waals surface area contributed by atoms with Crippen LogP contribution >= 0.6 is 11.6 Å². The van der Waals surface area contributed by atoms with Crippen molar-refractivity contribution in [2.75, 3.05) is 27.4 Å². The van der Waals surface area contributed by atoms with E-state index in [-0.39, 0.29) is 0 Å². The van der Waals surface area contributed by atoms with E-state index >= 15 is 0 Å². The van der Waals surface area contributed by atoms with Gasteiger partial charge in [0.15, 0.2) is 0 Å². The number of hydrogen-bond donors (Lipinski definition) is 2. The molecule has 1 aromatic rings. The molecule has 0 aliphatic rings. The molecule has 0 saturated heterocycles. The minimum absolute atomic E-state index is 0.500. The molecule has 4 nitrogen and oxygen atoms in total. The summed E-state index contributed by atoms with van der Waals surface area (Å²) in [6.45, 7) is 3.48. The smallest absolute Gasteiger partial charge is 0.137 e. The van der Waals surface area contributed by atoms with Gasteiger partial charge in [-0.05, 0) is 24.6 Å². The molecule has 0 radical (unpaired) electrons. The Morgan fingerprint density at radius 1 is 1.37 bits per heavy atom. The van der Waals surface area contributed by atoms with Crippen molar-refractivity contribution < 1.29 is 14.6 Å². The second-order valence-electron chi connectivity index (χ2n) is 4.81. The van der Waals surface area contributed by atoms with E-state index in [0.717, 1.165) is 5.56 Å². The normalized spacial score (nSPS) is 14.2. The summed E-state index contributed by atoms with van der Waals surface area (Å²) in [7, 11) is 3.22. The van der Waals surface area contributed by atoms with Gasteiger partial charge < -0.3 is 19.9 Å². The Morgan fingerprint density at radius 2 is 2.11 bits per heavy atom. The third-order valence-electron chi connectivity index (χ3n) is 2.90. The highest BCUT2D eigenvalue weighted by atomic mass is 35.5.